The Morgan fingerprint density at radius 2 is 2.60 bits per heavy atom. The van der Waals surface area contributed by atoms with E-state index < -0.39 is 18.9 Å². The lowest BCUT2D eigenvalue weighted by molar-refractivity contribution is -0.158. The Morgan fingerprint density at radius 1 is 1.80 bits per heavy atom. The first-order valence-corrected chi connectivity index (χ1v) is 2.89. The maximum absolute atomic E-state index is 11.5. The lowest BCUT2D eigenvalue weighted by atomic mass is 10.5. The number of ether oxygens (including phenoxy) is 2. The highest BCUT2D eigenvalue weighted by atomic mass is 19.1. The Bertz CT molecular complexity index is 155. The lowest BCUT2D eigenvalue weighted by Crippen LogP contribution is -2.13. The van der Waals surface area contributed by atoms with Crippen molar-refractivity contribution in [3.8, 4) is 0 Å². The molecule has 1 atom stereocenters. The van der Waals surface area contributed by atoms with Gasteiger partial charge in [-0.3, -0.25) is 0 Å². The molecule has 0 aromatic rings. The fourth-order valence-corrected chi connectivity index (χ4v) is 0.600. The van der Waals surface area contributed by atoms with Gasteiger partial charge in [-0.25, -0.2) is 9.18 Å². The van der Waals surface area contributed by atoms with Gasteiger partial charge in [0.05, 0.1) is 6.61 Å². The third-order valence-corrected chi connectivity index (χ3v) is 0.981. The summed E-state index contributed by atoms with van der Waals surface area (Å²) < 4.78 is 20.7. The van der Waals surface area contributed by atoms with E-state index in [4.69, 9.17) is 4.74 Å². The number of carbonyl (C=O) groups excluding carboxylic acids is 1. The monoisotopic (exact) mass is 146 g/mol. The Hall–Kier alpha value is -0.900. The van der Waals surface area contributed by atoms with Crippen LogP contribution in [0.4, 0.5) is 4.39 Å². The van der Waals surface area contributed by atoms with Crippen molar-refractivity contribution < 1.29 is 18.7 Å². The standard InChI is InChI=1S/C6H7FO3/c7-3-4-9-6-2-1-5(8)10-6/h1-2,6H,3-4H2. The van der Waals surface area contributed by atoms with Gasteiger partial charge in [-0.15, -0.1) is 0 Å². The van der Waals surface area contributed by atoms with Gasteiger partial charge in [0.1, 0.15) is 6.67 Å². The molecule has 0 spiro atoms. The van der Waals surface area contributed by atoms with Crippen molar-refractivity contribution in [2.75, 3.05) is 13.3 Å². The van der Waals surface area contributed by atoms with Gasteiger partial charge in [-0.1, -0.05) is 0 Å². The molecule has 10 heavy (non-hydrogen) atoms. The zero-order valence-corrected chi connectivity index (χ0v) is 5.25. The predicted molar refractivity (Wildman–Crippen MR) is 30.9 cm³/mol. The molecule has 0 saturated heterocycles. The molecule has 0 bridgehead atoms. The smallest absolute Gasteiger partial charge is 0.333 e. The van der Waals surface area contributed by atoms with Gasteiger partial charge >= 0.3 is 5.97 Å². The van der Waals surface area contributed by atoms with Crippen molar-refractivity contribution in [2.45, 2.75) is 6.29 Å². The molecule has 56 valence electrons. The second kappa shape index (κ2) is 3.31. The molecule has 0 radical (unpaired) electrons. The molecule has 3 nitrogen and oxygen atoms in total. The van der Waals surface area contributed by atoms with Gasteiger partial charge in [-0.05, 0) is 6.08 Å². The molecular formula is C6H7FO3. The minimum Gasteiger partial charge on any atom is -0.429 e. The van der Waals surface area contributed by atoms with Crippen LogP contribution in [0, 0.1) is 0 Å². The van der Waals surface area contributed by atoms with Crippen LogP contribution >= 0.6 is 0 Å². The summed E-state index contributed by atoms with van der Waals surface area (Å²) >= 11 is 0. The summed E-state index contributed by atoms with van der Waals surface area (Å²) in [5.41, 5.74) is 0. The van der Waals surface area contributed by atoms with Crippen LogP contribution < -0.4 is 0 Å². The predicted octanol–water partition coefficient (Wildman–Crippen LogP) is 0.412. The summed E-state index contributed by atoms with van der Waals surface area (Å²) in [6, 6.07) is 0. The van der Waals surface area contributed by atoms with E-state index in [0.717, 1.165) is 0 Å². The summed E-state index contributed by atoms with van der Waals surface area (Å²) in [7, 11) is 0. The number of carbonyl (C=O) groups is 1. The average molecular weight is 146 g/mol. The molecule has 1 heterocycles. The third kappa shape index (κ3) is 1.80. The summed E-state index contributed by atoms with van der Waals surface area (Å²) in [5, 5.41) is 0. The number of halogens is 1. The highest BCUT2D eigenvalue weighted by Gasteiger charge is 2.15. The van der Waals surface area contributed by atoms with E-state index in [0.29, 0.717) is 0 Å². The van der Waals surface area contributed by atoms with Crippen LogP contribution in [-0.2, 0) is 14.3 Å². The van der Waals surface area contributed by atoms with Crippen molar-refractivity contribution in [3.05, 3.63) is 12.2 Å². The fourth-order valence-electron chi connectivity index (χ4n) is 0.600. The minimum atomic E-state index is -0.678. The van der Waals surface area contributed by atoms with Gasteiger partial charge in [0.2, 0.25) is 6.29 Å². The average Bonchev–Trinajstić information content (AvgIpc) is 2.31. The summed E-state index contributed by atoms with van der Waals surface area (Å²) in [6.45, 7) is -0.607. The van der Waals surface area contributed by atoms with Gasteiger partial charge in [0.25, 0.3) is 0 Å². The second-order valence-electron chi connectivity index (χ2n) is 1.72. The van der Waals surface area contributed by atoms with E-state index >= 15 is 0 Å². The van der Waals surface area contributed by atoms with Crippen LogP contribution in [0.25, 0.3) is 0 Å². The maximum Gasteiger partial charge on any atom is 0.333 e. The molecule has 0 aliphatic carbocycles. The number of rotatable bonds is 3. The largest absolute Gasteiger partial charge is 0.429 e. The Balaban J connectivity index is 2.20. The first-order valence-electron chi connectivity index (χ1n) is 2.89. The van der Waals surface area contributed by atoms with E-state index in [9.17, 15) is 9.18 Å². The number of hydrogen-bond acceptors (Lipinski definition) is 3. The number of cyclic esters (lactones) is 1. The lowest BCUT2D eigenvalue weighted by Gasteiger charge is -2.06. The van der Waals surface area contributed by atoms with Crippen LogP contribution in [0.1, 0.15) is 0 Å². The van der Waals surface area contributed by atoms with E-state index in [-0.39, 0.29) is 6.61 Å². The molecule has 1 rings (SSSR count). The quantitative estimate of drug-likeness (QED) is 0.541. The number of hydrogen-bond donors (Lipinski definition) is 0. The van der Waals surface area contributed by atoms with Crippen molar-refractivity contribution in [3.63, 3.8) is 0 Å². The second-order valence-corrected chi connectivity index (χ2v) is 1.72. The van der Waals surface area contributed by atoms with E-state index in [1.54, 1.807) is 0 Å². The van der Waals surface area contributed by atoms with Crippen LogP contribution in [-0.4, -0.2) is 25.5 Å². The molecular weight excluding hydrogens is 139 g/mol. The highest BCUT2D eigenvalue weighted by molar-refractivity contribution is 5.84. The molecule has 0 N–H and O–H groups in total. The highest BCUT2D eigenvalue weighted by Crippen LogP contribution is 2.05. The van der Waals surface area contributed by atoms with Crippen molar-refractivity contribution >= 4 is 5.97 Å². The third-order valence-electron chi connectivity index (χ3n) is 0.981. The zero-order chi connectivity index (χ0) is 7.40. The Labute approximate surface area is 57.4 Å². The topological polar surface area (TPSA) is 35.5 Å². The first kappa shape index (κ1) is 7.21. The number of esters is 1. The first-order chi connectivity index (χ1) is 4.83. The molecule has 0 aromatic heterocycles. The molecule has 1 aliphatic heterocycles. The maximum atomic E-state index is 11.5. The van der Waals surface area contributed by atoms with Crippen LogP contribution in [0.3, 0.4) is 0 Å². The van der Waals surface area contributed by atoms with Gasteiger partial charge in [-0.2, -0.15) is 0 Å². The molecule has 0 saturated carbocycles. The molecule has 4 heteroatoms. The fraction of sp³-hybridized carbons (Fsp3) is 0.500. The van der Waals surface area contributed by atoms with Crippen LogP contribution in [0.5, 0.6) is 0 Å². The summed E-state index contributed by atoms with van der Waals surface area (Å²) in [4.78, 5) is 10.3. The van der Waals surface area contributed by atoms with Crippen molar-refractivity contribution in [2.24, 2.45) is 0 Å². The number of alkyl halides is 1. The van der Waals surface area contributed by atoms with Crippen molar-refractivity contribution in [1.82, 2.24) is 0 Å². The SMILES string of the molecule is O=C1C=CC(OCCF)O1. The van der Waals surface area contributed by atoms with E-state index in [1.165, 1.54) is 12.2 Å². The zero-order valence-electron chi connectivity index (χ0n) is 5.25. The summed E-state index contributed by atoms with van der Waals surface area (Å²) in [6.07, 6.45) is 2.02. The van der Waals surface area contributed by atoms with E-state index in [1.807, 2.05) is 0 Å². The van der Waals surface area contributed by atoms with Gasteiger partial charge in [0, 0.05) is 6.08 Å². The van der Waals surface area contributed by atoms with E-state index in [2.05, 4.69) is 4.74 Å². The normalized spacial score (nSPS) is 23.3. The molecule has 1 unspecified atom stereocenters. The Kier molecular flexibility index (Phi) is 2.39. The Morgan fingerprint density at radius 3 is 3.10 bits per heavy atom. The van der Waals surface area contributed by atoms with Crippen molar-refractivity contribution in [1.29, 1.82) is 0 Å². The van der Waals surface area contributed by atoms with Crippen LogP contribution in [0.2, 0.25) is 0 Å². The molecule has 0 amide bonds. The molecule has 0 fully saturated rings. The van der Waals surface area contributed by atoms with Gasteiger partial charge in [0.15, 0.2) is 0 Å². The molecule has 1 aliphatic rings. The van der Waals surface area contributed by atoms with Gasteiger partial charge < -0.3 is 9.47 Å². The van der Waals surface area contributed by atoms with Crippen LogP contribution in [0.15, 0.2) is 12.2 Å². The molecule has 0 aromatic carbocycles. The summed E-state index contributed by atoms with van der Waals surface area (Å²) in [5.74, 6) is -0.441. The minimum absolute atomic E-state index is 0.0394.